The van der Waals surface area contributed by atoms with Crippen LogP contribution in [0.25, 0.3) is 0 Å². The maximum Gasteiger partial charge on any atom is 0.279 e. The van der Waals surface area contributed by atoms with Crippen LogP contribution in [0.15, 0.2) is 36.4 Å². The summed E-state index contributed by atoms with van der Waals surface area (Å²) in [5, 5.41) is 10.8. The molecule has 7 nitrogen and oxygen atoms in total. The molecule has 0 saturated carbocycles. The Hall–Kier alpha value is -3.22. The van der Waals surface area contributed by atoms with Crippen molar-refractivity contribution >= 4 is 17.8 Å². The molecule has 0 aliphatic heterocycles. The van der Waals surface area contributed by atoms with Crippen molar-refractivity contribution in [2.75, 3.05) is 14.2 Å². The molecule has 0 heterocycles. The Morgan fingerprint density at radius 2 is 1.65 bits per heavy atom. The highest BCUT2D eigenvalue weighted by atomic mass is 16.6. The number of hydrogen-bond acceptors (Lipinski definition) is 6. The van der Waals surface area contributed by atoms with Crippen molar-refractivity contribution in [2.45, 2.75) is 0 Å². The van der Waals surface area contributed by atoms with Gasteiger partial charge in [-0.25, -0.2) is 0 Å². The second-order valence-electron chi connectivity index (χ2n) is 4.55. The lowest BCUT2D eigenvalue weighted by Crippen LogP contribution is -2.04. The summed E-state index contributed by atoms with van der Waals surface area (Å²) in [6.45, 7) is 0. The summed E-state index contributed by atoms with van der Waals surface area (Å²) in [7, 11) is 2.93. The lowest BCUT2D eigenvalue weighted by molar-refractivity contribution is -0.385. The van der Waals surface area contributed by atoms with Gasteiger partial charge in [-0.15, -0.1) is 0 Å². The standard InChI is InChI=1S/C16H13NO6/c1-22-14-6-4-11(8-15(14)23-2)16(19)10-3-5-13(17(20)21)12(7-10)9-18/h3-9H,1-2H3. The van der Waals surface area contributed by atoms with Gasteiger partial charge in [-0.2, -0.15) is 0 Å². The molecule has 0 spiro atoms. The van der Waals surface area contributed by atoms with Crippen LogP contribution < -0.4 is 9.47 Å². The second kappa shape index (κ2) is 6.69. The van der Waals surface area contributed by atoms with Crippen LogP contribution in [-0.4, -0.2) is 31.2 Å². The van der Waals surface area contributed by atoms with Crippen molar-refractivity contribution in [3.8, 4) is 11.5 Å². The summed E-state index contributed by atoms with van der Waals surface area (Å²) in [5.74, 6) is 0.473. The highest BCUT2D eigenvalue weighted by Gasteiger charge is 2.18. The molecule has 0 fully saturated rings. The van der Waals surface area contributed by atoms with Crippen LogP contribution in [0.4, 0.5) is 5.69 Å². The zero-order valence-electron chi connectivity index (χ0n) is 12.4. The molecule has 0 aliphatic rings. The molecule has 0 N–H and O–H groups in total. The summed E-state index contributed by atoms with van der Waals surface area (Å²) in [6, 6.07) is 8.28. The molecule has 7 heteroatoms. The fourth-order valence-corrected chi connectivity index (χ4v) is 2.10. The number of methoxy groups -OCH3 is 2. The van der Waals surface area contributed by atoms with Crippen LogP contribution in [0, 0.1) is 10.1 Å². The maximum atomic E-state index is 12.5. The molecule has 0 aliphatic carbocycles. The van der Waals surface area contributed by atoms with E-state index in [0.29, 0.717) is 23.3 Å². The number of hydrogen-bond donors (Lipinski definition) is 0. The topological polar surface area (TPSA) is 95.7 Å². The minimum absolute atomic E-state index is 0.152. The van der Waals surface area contributed by atoms with Crippen molar-refractivity contribution in [3.63, 3.8) is 0 Å². The van der Waals surface area contributed by atoms with Crippen molar-refractivity contribution < 1.29 is 24.0 Å². The largest absolute Gasteiger partial charge is 0.493 e. The van der Waals surface area contributed by atoms with Gasteiger partial charge in [0.25, 0.3) is 5.69 Å². The fraction of sp³-hybridized carbons (Fsp3) is 0.125. The molecule has 0 unspecified atom stereocenters. The number of benzene rings is 2. The van der Waals surface area contributed by atoms with Crippen LogP contribution in [0.5, 0.6) is 11.5 Å². The van der Waals surface area contributed by atoms with Crippen LogP contribution in [-0.2, 0) is 0 Å². The second-order valence-corrected chi connectivity index (χ2v) is 4.55. The fourth-order valence-electron chi connectivity index (χ4n) is 2.10. The van der Waals surface area contributed by atoms with Crippen LogP contribution >= 0.6 is 0 Å². The number of nitro benzene ring substituents is 1. The summed E-state index contributed by atoms with van der Waals surface area (Å²) >= 11 is 0. The third-order valence-electron chi connectivity index (χ3n) is 3.26. The predicted octanol–water partition coefficient (Wildman–Crippen LogP) is 2.66. The minimum atomic E-state index is -0.672. The van der Waals surface area contributed by atoms with Crippen molar-refractivity contribution in [1.29, 1.82) is 0 Å². The first kappa shape index (κ1) is 16.2. The number of carbonyl (C=O) groups is 2. The maximum absolute atomic E-state index is 12.5. The third-order valence-corrected chi connectivity index (χ3v) is 3.26. The lowest BCUT2D eigenvalue weighted by Gasteiger charge is -2.09. The predicted molar refractivity (Wildman–Crippen MR) is 81.5 cm³/mol. The molecule has 0 aromatic heterocycles. The Bertz CT molecular complexity index is 784. The number of ether oxygens (including phenoxy) is 2. The lowest BCUT2D eigenvalue weighted by atomic mass is 10.0. The average molecular weight is 315 g/mol. The summed E-state index contributed by atoms with van der Waals surface area (Å²) in [5.41, 5.74) is -0.0107. The number of rotatable bonds is 6. The molecule has 2 aromatic rings. The van der Waals surface area contributed by atoms with E-state index in [0.717, 1.165) is 6.07 Å². The van der Waals surface area contributed by atoms with Gasteiger partial charge in [-0.05, 0) is 30.3 Å². The van der Waals surface area contributed by atoms with Crippen molar-refractivity contribution in [1.82, 2.24) is 0 Å². The van der Waals surface area contributed by atoms with E-state index in [2.05, 4.69) is 0 Å². The van der Waals surface area contributed by atoms with Gasteiger partial charge in [-0.1, -0.05) is 0 Å². The van der Waals surface area contributed by atoms with E-state index >= 15 is 0 Å². The van der Waals surface area contributed by atoms with E-state index in [1.807, 2.05) is 0 Å². The molecule has 23 heavy (non-hydrogen) atoms. The van der Waals surface area contributed by atoms with Crippen LogP contribution in [0.3, 0.4) is 0 Å². The van der Waals surface area contributed by atoms with Gasteiger partial charge >= 0.3 is 0 Å². The minimum Gasteiger partial charge on any atom is -0.493 e. The summed E-state index contributed by atoms with van der Waals surface area (Å²) < 4.78 is 10.2. The Kier molecular flexibility index (Phi) is 4.70. The van der Waals surface area contributed by atoms with Crippen molar-refractivity contribution in [2.24, 2.45) is 0 Å². The normalized spacial score (nSPS) is 10.0. The van der Waals surface area contributed by atoms with Gasteiger partial charge < -0.3 is 9.47 Å². The molecule has 2 aromatic carbocycles. The van der Waals surface area contributed by atoms with E-state index in [4.69, 9.17) is 9.47 Å². The first-order chi connectivity index (χ1) is 11.0. The molecule has 0 amide bonds. The molecule has 2 rings (SSSR count). The molecule has 0 atom stereocenters. The first-order valence-electron chi connectivity index (χ1n) is 6.52. The zero-order valence-corrected chi connectivity index (χ0v) is 12.4. The molecule has 118 valence electrons. The average Bonchev–Trinajstić information content (AvgIpc) is 2.59. The van der Waals surface area contributed by atoms with Gasteiger partial charge in [0.1, 0.15) is 0 Å². The molecular formula is C16H13NO6. The zero-order chi connectivity index (χ0) is 17.0. The van der Waals surface area contributed by atoms with Gasteiger partial charge in [0.2, 0.25) is 0 Å². The van der Waals surface area contributed by atoms with Gasteiger partial charge in [0.15, 0.2) is 23.6 Å². The SMILES string of the molecule is COc1ccc(C(=O)c2ccc([N+](=O)[O-])c(C=O)c2)cc1OC. The van der Waals surface area contributed by atoms with Crippen molar-refractivity contribution in [3.05, 3.63) is 63.2 Å². The Morgan fingerprint density at radius 1 is 1.04 bits per heavy atom. The highest BCUT2D eigenvalue weighted by Crippen LogP contribution is 2.29. The van der Waals surface area contributed by atoms with E-state index in [1.165, 1.54) is 32.4 Å². The smallest absolute Gasteiger partial charge is 0.279 e. The van der Waals surface area contributed by atoms with Gasteiger partial charge in [0, 0.05) is 17.2 Å². The number of carbonyl (C=O) groups excluding carboxylic acids is 2. The van der Waals surface area contributed by atoms with Crippen LogP contribution in [0.2, 0.25) is 0 Å². The Morgan fingerprint density at radius 3 is 2.22 bits per heavy atom. The Labute approximate surface area is 131 Å². The molecule has 0 bridgehead atoms. The number of nitro groups is 1. The quantitative estimate of drug-likeness (QED) is 0.352. The molecule has 0 radical (unpaired) electrons. The monoisotopic (exact) mass is 315 g/mol. The van der Waals surface area contributed by atoms with E-state index in [9.17, 15) is 19.7 Å². The summed E-state index contributed by atoms with van der Waals surface area (Å²) in [4.78, 5) is 33.6. The van der Waals surface area contributed by atoms with E-state index in [1.54, 1.807) is 12.1 Å². The summed E-state index contributed by atoms with van der Waals surface area (Å²) in [6.07, 6.45) is 0.351. The number of nitrogens with zero attached hydrogens (tertiary/aromatic N) is 1. The molecule has 0 saturated heterocycles. The van der Waals surface area contributed by atoms with Gasteiger partial charge in [-0.3, -0.25) is 19.7 Å². The number of aldehydes is 1. The Balaban J connectivity index is 2.45. The highest BCUT2D eigenvalue weighted by molar-refractivity contribution is 6.10. The van der Waals surface area contributed by atoms with Gasteiger partial charge in [0.05, 0.1) is 24.7 Å². The number of ketones is 1. The van der Waals surface area contributed by atoms with E-state index < -0.39 is 4.92 Å². The van der Waals surface area contributed by atoms with Crippen LogP contribution in [0.1, 0.15) is 26.3 Å². The third kappa shape index (κ3) is 3.18. The first-order valence-corrected chi connectivity index (χ1v) is 6.52. The molecular weight excluding hydrogens is 302 g/mol. The van der Waals surface area contributed by atoms with E-state index in [-0.39, 0.29) is 22.6 Å².